The van der Waals surface area contributed by atoms with Crippen LogP contribution >= 0.6 is 0 Å². The summed E-state index contributed by atoms with van der Waals surface area (Å²) in [5.74, 6) is -1.05. The van der Waals surface area contributed by atoms with Crippen molar-refractivity contribution in [3.63, 3.8) is 0 Å². The Hall–Kier alpha value is -2.24. The maximum absolute atomic E-state index is 11.2. The van der Waals surface area contributed by atoms with Crippen LogP contribution in [0.3, 0.4) is 0 Å². The first kappa shape index (κ1) is 9.85. The number of hydrogen-bond acceptors (Lipinski definition) is 3. The summed E-state index contributed by atoms with van der Waals surface area (Å²) in [7, 11) is 0. The molecule has 14 heavy (non-hydrogen) atoms. The number of nitrogens with one attached hydrogen (secondary N) is 1. The van der Waals surface area contributed by atoms with Crippen molar-refractivity contribution in [3.05, 3.63) is 29.3 Å². The molecule has 0 aromatic heterocycles. The van der Waals surface area contributed by atoms with Crippen LogP contribution in [0.2, 0.25) is 0 Å². The standard InChI is InChI=1S/C8H7N3O3/c9-11-10-4-8(14)6-3-5(12)1-2-7(6)13/h1-4,11-13H. The highest BCUT2D eigenvalue weighted by molar-refractivity contribution is 6.36. The number of carbonyl (C=O) groups excluding carboxylic acids is 1. The zero-order valence-electron chi connectivity index (χ0n) is 7.01. The van der Waals surface area contributed by atoms with Crippen LogP contribution in [0, 0.1) is 0 Å². The first-order valence-electron chi connectivity index (χ1n) is 3.63. The molecule has 0 amide bonds. The molecule has 0 aliphatic heterocycles. The number of Topliss-reactive ketones (excluding diaryl/α,β-unsaturated/α-hetero) is 1. The van der Waals surface area contributed by atoms with Crippen LogP contribution in [-0.2, 0) is 0 Å². The summed E-state index contributed by atoms with van der Waals surface area (Å²) in [6.45, 7) is 0. The Labute approximate surface area is 79.0 Å². The minimum Gasteiger partial charge on any atom is -0.508 e. The molecule has 0 fully saturated rings. The number of phenols is 2. The molecule has 0 unspecified atom stereocenters. The number of ketones is 1. The van der Waals surface area contributed by atoms with Crippen LogP contribution in [0.15, 0.2) is 23.3 Å². The Bertz CT molecular complexity index is 401. The lowest BCUT2D eigenvalue weighted by molar-refractivity contribution is -0.485. The van der Waals surface area contributed by atoms with Crippen molar-refractivity contribution in [2.45, 2.75) is 0 Å². The van der Waals surface area contributed by atoms with E-state index in [4.69, 9.17) is 10.6 Å². The highest BCUT2D eigenvalue weighted by Gasteiger charge is 2.08. The molecule has 0 aliphatic carbocycles. The van der Waals surface area contributed by atoms with Crippen LogP contribution in [0.4, 0.5) is 0 Å². The van der Waals surface area contributed by atoms with Crippen LogP contribution < -0.4 is 5.22 Å². The maximum Gasteiger partial charge on any atom is 0.190 e. The van der Waals surface area contributed by atoms with Crippen molar-refractivity contribution in [1.82, 2.24) is 0 Å². The second-order valence-electron chi connectivity index (χ2n) is 2.42. The van der Waals surface area contributed by atoms with Gasteiger partial charge in [-0.3, -0.25) is 4.79 Å². The van der Waals surface area contributed by atoms with Gasteiger partial charge < -0.3 is 10.2 Å². The number of nitrogens with zero attached hydrogens (tertiary/aromatic N) is 2. The number of hydrogen-bond donors (Lipinski definition) is 3. The van der Waals surface area contributed by atoms with E-state index in [1.807, 2.05) is 0 Å². The molecule has 0 aliphatic rings. The van der Waals surface area contributed by atoms with Crippen LogP contribution in [-0.4, -0.2) is 22.2 Å². The van der Waals surface area contributed by atoms with E-state index in [2.05, 4.69) is 5.10 Å². The lowest BCUT2D eigenvalue weighted by Gasteiger charge is -2.00. The molecule has 6 nitrogen and oxygen atoms in total. The van der Waals surface area contributed by atoms with E-state index in [1.165, 1.54) is 17.4 Å². The fraction of sp³-hybridized carbons (Fsp3) is 0. The molecular formula is C8H7N3O3. The molecule has 0 saturated heterocycles. The lowest BCUT2D eigenvalue weighted by atomic mass is 10.1. The molecular weight excluding hydrogens is 186 g/mol. The fourth-order valence-corrected chi connectivity index (χ4v) is 0.878. The second kappa shape index (κ2) is 4.13. The summed E-state index contributed by atoms with van der Waals surface area (Å²) < 4.78 is 0. The van der Waals surface area contributed by atoms with Gasteiger partial charge in [0.2, 0.25) is 0 Å². The summed E-state index contributed by atoms with van der Waals surface area (Å²) in [6, 6.07) is 3.53. The molecule has 0 saturated carbocycles. The Balaban J connectivity index is 3.05. The van der Waals surface area contributed by atoms with Crippen LogP contribution in [0.25, 0.3) is 5.53 Å². The number of hydrazone groups is 1. The van der Waals surface area contributed by atoms with E-state index < -0.39 is 5.78 Å². The van der Waals surface area contributed by atoms with Crippen molar-refractivity contribution in [3.8, 4) is 11.5 Å². The Morgan fingerprint density at radius 2 is 2.21 bits per heavy atom. The molecule has 1 aromatic carbocycles. The van der Waals surface area contributed by atoms with E-state index in [9.17, 15) is 9.90 Å². The smallest absolute Gasteiger partial charge is 0.190 e. The van der Waals surface area contributed by atoms with Gasteiger partial charge >= 0.3 is 0 Å². The first-order valence-corrected chi connectivity index (χ1v) is 3.63. The maximum atomic E-state index is 11.2. The van der Waals surface area contributed by atoms with Crippen LogP contribution in [0.5, 0.6) is 11.5 Å². The van der Waals surface area contributed by atoms with E-state index >= 15 is 0 Å². The number of aromatic hydroxyl groups is 2. The third-order valence-electron chi connectivity index (χ3n) is 1.49. The minimum absolute atomic E-state index is 0.0935. The van der Waals surface area contributed by atoms with Gasteiger partial charge in [0, 0.05) is 6.21 Å². The monoisotopic (exact) mass is 193 g/mol. The number of carbonyl (C=O) groups is 1. The zero-order chi connectivity index (χ0) is 10.6. The lowest BCUT2D eigenvalue weighted by Crippen LogP contribution is -2.54. The molecule has 72 valence electrons. The number of phenolic OH excluding ortho intramolecular Hbond substituents is 2. The van der Waals surface area contributed by atoms with Crippen molar-refractivity contribution in [2.75, 3.05) is 0 Å². The van der Waals surface area contributed by atoms with Gasteiger partial charge in [-0.15, -0.1) is 0 Å². The molecule has 0 bridgehead atoms. The molecule has 0 heterocycles. The summed E-state index contributed by atoms with van der Waals surface area (Å²) in [5, 5.41) is 22.7. The largest absolute Gasteiger partial charge is 0.508 e. The van der Waals surface area contributed by atoms with Gasteiger partial charge in [-0.1, -0.05) is 0 Å². The van der Waals surface area contributed by atoms with Crippen molar-refractivity contribution in [1.29, 1.82) is 0 Å². The number of benzene rings is 1. The Morgan fingerprint density at radius 1 is 1.50 bits per heavy atom. The molecule has 0 atom stereocenters. The van der Waals surface area contributed by atoms with Gasteiger partial charge in [0.25, 0.3) is 0 Å². The molecule has 0 spiro atoms. The van der Waals surface area contributed by atoms with Crippen molar-refractivity contribution >= 4 is 12.0 Å². The predicted molar refractivity (Wildman–Crippen MR) is 46.9 cm³/mol. The molecule has 1 aromatic rings. The minimum atomic E-state index is -0.639. The second-order valence-corrected chi connectivity index (χ2v) is 2.42. The van der Waals surface area contributed by atoms with Crippen molar-refractivity contribution in [2.24, 2.45) is 5.10 Å². The van der Waals surface area contributed by atoms with Gasteiger partial charge in [0.05, 0.1) is 5.56 Å². The zero-order valence-corrected chi connectivity index (χ0v) is 7.01. The molecule has 1 rings (SSSR count). The van der Waals surface area contributed by atoms with E-state index in [0.29, 0.717) is 0 Å². The summed E-state index contributed by atoms with van der Waals surface area (Å²) in [6.07, 6.45) is 0.772. The third kappa shape index (κ3) is 2.13. The van der Waals surface area contributed by atoms with Gasteiger partial charge in [0.15, 0.2) is 5.78 Å². The normalized spacial score (nSPS) is 10.3. The third-order valence-corrected chi connectivity index (χ3v) is 1.49. The topological polar surface area (TPSA) is 106 Å². The van der Waals surface area contributed by atoms with Crippen LogP contribution in [0.1, 0.15) is 10.4 Å². The van der Waals surface area contributed by atoms with Gasteiger partial charge in [-0.05, 0) is 18.2 Å². The summed E-state index contributed by atoms with van der Waals surface area (Å²) >= 11 is 0. The summed E-state index contributed by atoms with van der Waals surface area (Å²) in [5.41, 5.74) is 7.98. The van der Waals surface area contributed by atoms with Gasteiger partial charge in [0.1, 0.15) is 11.5 Å². The highest BCUT2D eigenvalue weighted by Crippen LogP contribution is 2.21. The summed E-state index contributed by atoms with van der Waals surface area (Å²) in [4.78, 5) is 11.2. The van der Waals surface area contributed by atoms with Gasteiger partial charge in [-0.2, -0.15) is 15.9 Å². The van der Waals surface area contributed by atoms with E-state index in [-0.39, 0.29) is 17.1 Å². The van der Waals surface area contributed by atoms with E-state index in [1.54, 1.807) is 0 Å². The Kier molecular flexibility index (Phi) is 2.90. The molecule has 0 radical (unpaired) electrons. The highest BCUT2D eigenvalue weighted by atomic mass is 16.3. The first-order chi connectivity index (χ1) is 6.65. The Morgan fingerprint density at radius 3 is 2.86 bits per heavy atom. The average Bonchev–Trinajstić information content (AvgIpc) is 2.18. The van der Waals surface area contributed by atoms with Crippen molar-refractivity contribution < 1.29 is 20.2 Å². The average molecular weight is 193 g/mol. The van der Waals surface area contributed by atoms with Gasteiger partial charge in [-0.25, -0.2) is 0 Å². The molecule has 3 N–H and O–H groups in total. The fourth-order valence-electron chi connectivity index (χ4n) is 0.878. The SMILES string of the molecule is [N-]=[NH+]N=CC(=O)c1cc(O)ccc1O. The van der Waals surface area contributed by atoms with E-state index in [0.717, 1.165) is 12.3 Å². The number of rotatable bonds is 3. The quantitative estimate of drug-likeness (QED) is 0.195. The predicted octanol–water partition coefficient (Wildman–Crippen LogP) is -0.632. The molecule has 6 heteroatoms.